The topological polar surface area (TPSA) is 70.3 Å². The Morgan fingerprint density at radius 1 is 0.947 bits per heavy atom. The second kappa shape index (κ2) is 12.9. The van der Waals surface area contributed by atoms with Gasteiger partial charge in [-0.05, 0) is 19.9 Å². The van der Waals surface area contributed by atoms with Crippen molar-refractivity contribution in [2.24, 2.45) is 0 Å². The number of ether oxygens (including phenoxy) is 1. The van der Waals surface area contributed by atoms with E-state index in [0.29, 0.717) is 17.9 Å². The van der Waals surface area contributed by atoms with Crippen molar-refractivity contribution >= 4 is 16.7 Å². The molecule has 0 bridgehead atoms. The van der Waals surface area contributed by atoms with Crippen LogP contribution in [0.4, 0.5) is 0 Å². The number of halogens is 2. The molecule has 0 unspecified atom stereocenters. The SMILES string of the molecule is CCc1nc(C)c2c(=O)n(CCC[NH+]3CC[NH+](Cc4ccc(C)cc4)CC3)c3ccc(OC)nc3n12.[Cl-].[Cl-]. The summed E-state index contributed by atoms with van der Waals surface area (Å²) >= 11 is 0. The molecular weight excluding hydrogens is 523 g/mol. The van der Waals surface area contributed by atoms with Gasteiger partial charge in [0.2, 0.25) is 5.88 Å². The largest absolute Gasteiger partial charge is 1.00 e. The molecule has 0 spiro atoms. The Labute approximate surface area is 236 Å². The highest BCUT2D eigenvalue weighted by Gasteiger charge is 2.23. The van der Waals surface area contributed by atoms with Crippen LogP contribution < -0.4 is 44.9 Å². The van der Waals surface area contributed by atoms with Crippen LogP contribution in [-0.2, 0) is 19.5 Å². The van der Waals surface area contributed by atoms with Gasteiger partial charge in [-0.2, -0.15) is 4.98 Å². The number of methoxy groups -OCH3 is 1. The number of hydrogen-bond donors (Lipinski definition) is 2. The maximum atomic E-state index is 13.6. The first-order chi connectivity index (χ1) is 17.5. The van der Waals surface area contributed by atoms with Crippen LogP contribution in [0.3, 0.4) is 0 Å². The number of piperazine rings is 1. The number of nitrogens with zero attached hydrogens (tertiary/aromatic N) is 4. The van der Waals surface area contributed by atoms with Crippen LogP contribution >= 0.6 is 0 Å². The van der Waals surface area contributed by atoms with E-state index in [1.54, 1.807) is 16.9 Å². The minimum Gasteiger partial charge on any atom is -1.00 e. The van der Waals surface area contributed by atoms with E-state index in [0.717, 1.165) is 48.6 Å². The third-order valence-electron chi connectivity index (χ3n) is 7.58. The van der Waals surface area contributed by atoms with E-state index in [4.69, 9.17) is 9.72 Å². The molecule has 4 heterocycles. The summed E-state index contributed by atoms with van der Waals surface area (Å²) in [5.74, 6) is 1.39. The Bertz CT molecular complexity index is 1430. The average molecular weight is 562 g/mol. The van der Waals surface area contributed by atoms with Crippen LogP contribution in [0.2, 0.25) is 0 Å². The molecule has 10 heteroatoms. The number of benzene rings is 1. The van der Waals surface area contributed by atoms with Gasteiger partial charge in [-0.1, -0.05) is 36.8 Å². The highest BCUT2D eigenvalue weighted by Crippen LogP contribution is 2.20. The van der Waals surface area contributed by atoms with E-state index in [9.17, 15) is 4.79 Å². The highest BCUT2D eigenvalue weighted by atomic mass is 35.5. The van der Waals surface area contributed by atoms with Crippen molar-refractivity contribution in [3.05, 3.63) is 69.4 Å². The van der Waals surface area contributed by atoms with E-state index >= 15 is 0 Å². The molecule has 38 heavy (non-hydrogen) atoms. The van der Waals surface area contributed by atoms with Crippen LogP contribution in [0.5, 0.6) is 5.88 Å². The Balaban J connectivity index is 0.00000200. The van der Waals surface area contributed by atoms with Crippen molar-refractivity contribution in [1.82, 2.24) is 18.9 Å². The van der Waals surface area contributed by atoms with Crippen LogP contribution in [0, 0.1) is 13.8 Å². The van der Waals surface area contributed by atoms with E-state index < -0.39 is 0 Å². The average Bonchev–Trinajstić information content (AvgIpc) is 3.24. The molecule has 0 radical (unpaired) electrons. The van der Waals surface area contributed by atoms with Crippen molar-refractivity contribution < 1.29 is 39.4 Å². The third-order valence-corrected chi connectivity index (χ3v) is 7.58. The molecule has 2 N–H and O–H groups in total. The van der Waals surface area contributed by atoms with Gasteiger partial charge in [-0.15, -0.1) is 0 Å². The highest BCUT2D eigenvalue weighted by molar-refractivity contribution is 5.77. The first-order valence-electron chi connectivity index (χ1n) is 13.2. The first kappa shape index (κ1) is 29.9. The maximum absolute atomic E-state index is 13.6. The van der Waals surface area contributed by atoms with E-state index in [1.165, 1.54) is 37.3 Å². The summed E-state index contributed by atoms with van der Waals surface area (Å²) in [6.07, 6.45) is 1.68. The monoisotopic (exact) mass is 560 g/mol. The van der Waals surface area contributed by atoms with E-state index in [2.05, 4.69) is 43.1 Å². The molecule has 1 aromatic carbocycles. The van der Waals surface area contributed by atoms with Gasteiger partial charge in [0, 0.05) is 31.0 Å². The molecule has 3 aromatic heterocycles. The van der Waals surface area contributed by atoms with Gasteiger partial charge < -0.3 is 43.9 Å². The number of hydrogen-bond acceptors (Lipinski definition) is 4. The number of nitrogens with one attached hydrogen (secondary N) is 2. The van der Waals surface area contributed by atoms with E-state index in [-0.39, 0.29) is 30.4 Å². The quantitative estimate of drug-likeness (QED) is 0.226. The molecule has 1 saturated heterocycles. The Morgan fingerprint density at radius 2 is 1.63 bits per heavy atom. The first-order valence-corrected chi connectivity index (χ1v) is 13.2. The fourth-order valence-corrected chi connectivity index (χ4v) is 5.54. The molecule has 0 saturated carbocycles. The Hall–Kier alpha value is -2.65. The predicted octanol–water partition coefficient (Wildman–Crippen LogP) is -5.39. The number of aromatic nitrogens is 4. The summed E-state index contributed by atoms with van der Waals surface area (Å²) in [4.78, 5) is 26.3. The second-order valence-corrected chi connectivity index (χ2v) is 10.1. The molecule has 0 amide bonds. The summed E-state index contributed by atoms with van der Waals surface area (Å²) < 4.78 is 9.21. The second-order valence-electron chi connectivity index (χ2n) is 10.1. The van der Waals surface area contributed by atoms with Gasteiger partial charge in [0.15, 0.2) is 5.65 Å². The zero-order valence-corrected chi connectivity index (χ0v) is 24.2. The molecule has 0 aliphatic carbocycles. The summed E-state index contributed by atoms with van der Waals surface area (Å²) in [6, 6.07) is 12.7. The van der Waals surface area contributed by atoms with Crippen LogP contribution in [0.15, 0.2) is 41.2 Å². The molecular formula is C28H38Cl2N6O2. The van der Waals surface area contributed by atoms with Gasteiger partial charge in [0.1, 0.15) is 44.1 Å². The van der Waals surface area contributed by atoms with Crippen LogP contribution in [0.1, 0.15) is 36.0 Å². The molecule has 8 nitrogen and oxygen atoms in total. The summed E-state index contributed by atoms with van der Waals surface area (Å²) in [7, 11) is 1.62. The fourth-order valence-electron chi connectivity index (χ4n) is 5.54. The maximum Gasteiger partial charge on any atom is 0.277 e. The zero-order chi connectivity index (χ0) is 25.2. The predicted molar refractivity (Wildman–Crippen MR) is 141 cm³/mol. The summed E-state index contributed by atoms with van der Waals surface area (Å²) in [6.45, 7) is 13.7. The number of fused-ring (bicyclic) bond motifs is 3. The Morgan fingerprint density at radius 3 is 2.29 bits per heavy atom. The lowest BCUT2D eigenvalue weighted by atomic mass is 10.1. The normalized spacial score (nSPS) is 17.3. The molecule has 1 aliphatic heterocycles. The molecule has 1 fully saturated rings. The minimum atomic E-state index is 0. The van der Waals surface area contributed by atoms with Crippen molar-refractivity contribution in [3.63, 3.8) is 0 Å². The zero-order valence-electron chi connectivity index (χ0n) is 22.7. The van der Waals surface area contributed by atoms with Gasteiger partial charge in [-0.25, -0.2) is 4.98 Å². The molecule has 1 aliphatic rings. The van der Waals surface area contributed by atoms with Crippen LogP contribution in [0.25, 0.3) is 16.7 Å². The number of rotatable bonds is 8. The lowest BCUT2D eigenvalue weighted by Gasteiger charge is -2.30. The standard InChI is InChI=1S/C28H36N6O2.2ClH/c1-5-24-29-21(3)26-28(35)33(23-11-12-25(36-4)30-27(23)34(24)26)14-6-13-31-15-17-32(18-16-31)19-22-9-7-20(2)8-10-22;;/h7-12H,5-6,13-19H2,1-4H3;2*1H. The number of imidazole rings is 1. The lowest BCUT2D eigenvalue weighted by Crippen LogP contribution is -3.27. The van der Waals surface area contributed by atoms with Gasteiger partial charge >= 0.3 is 0 Å². The van der Waals surface area contributed by atoms with Crippen molar-refractivity contribution in [1.29, 1.82) is 0 Å². The van der Waals surface area contributed by atoms with Gasteiger partial charge in [0.25, 0.3) is 5.56 Å². The fraction of sp³-hybridized carbons (Fsp3) is 0.464. The Kier molecular flexibility index (Phi) is 10.2. The lowest BCUT2D eigenvalue weighted by molar-refractivity contribution is -1.02. The molecule has 206 valence electrons. The molecule has 5 rings (SSSR count). The third kappa shape index (κ3) is 5.99. The summed E-state index contributed by atoms with van der Waals surface area (Å²) in [5.41, 5.74) is 5.72. The van der Waals surface area contributed by atoms with Gasteiger partial charge in [-0.3, -0.25) is 9.20 Å². The molecule has 4 aromatic rings. The summed E-state index contributed by atoms with van der Waals surface area (Å²) in [5, 5.41) is 0. The van der Waals surface area contributed by atoms with Crippen molar-refractivity contribution in [2.45, 2.75) is 46.7 Å². The van der Waals surface area contributed by atoms with Crippen molar-refractivity contribution in [2.75, 3.05) is 39.8 Å². The van der Waals surface area contributed by atoms with Crippen molar-refractivity contribution in [3.8, 4) is 5.88 Å². The molecule has 0 atom stereocenters. The van der Waals surface area contributed by atoms with Crippen LogP contribution in [-0.4, -0.2) is 58.8 Å². The van der Waals surface area contributed by atoms with Gasteiger partial charge in [0.05, 0.1) is 24.9 Å². The number of quaternary nitrogens is 2. The number of pyridine rings is 1. The smallest absolute Gasteiger partial charge is 0.277 e. The minimum absolute atomic E-state index is 0. The van der Waals surface area contributed by atoms with E-state index in [1.807, 2.05) is 28.0 Å². The number of aryl methyl sites for hydroxylation is 4.